The highest BCUT2D eigenvalue weighted by Crippen LogP contribution is 2.28. The predicted molar refractivity (Wildman–Crippen MR) is 81.2 cm³/mol. The van der Waals surface area contributed by atoms with E-state index in [9.17, 15) is 4.79 Å². The number of ether oxygens (including phenoxy) is 1. The van der Waals surface area contributed by atoms with Gasteiger partial charge >= 0.3 is 0 Å². The van der Waals surface area contributed by atoms with Crippen molar-refractivity contribution in [3.05, 3.63) is 23.9 Å². The second-order valence-electron chi connectivity index (χ2n) is 6.36. The number of carbonyl (C=O) groups excluding carboxylic acids is 1. The van der Waals surface area contributed by atoms with Gasteiger partial charge in [0.05, 0.1) is 13.1 Å². The lowest BCUT2D eigenvalue weighted by atomic mass is 9.86. The van der Waals surface area contributed by atoms with E-state index in [0.29, 0.717) is 30.8 Å². The van der Waals surface area contributed by atoms with Crippen LogP contribution in [0.2, 0.25) is 0 Å². The standard InChI is InChI=1S/C17H24N2O2/c1-13-6-5-9-16(18-13)21-15-11-19(12-15)17(20)10-14-7-3-2-4-8-14/h5-6,9,14-15H,2-4,7-8,10-12H2,1H3. The fourth-order valence-corrected chi connectivity index (χ4v) is 3.24. The third-order valence-corrected chi connectivity index (χ3v) is 4.54. The minimum atomic E-state index is 0.106. The van der Waals surface area contributed by atoms with Crippen LogP contribution in [0.1, 0.15) is 44.2 Å². The Hall–Kier alpha value is -1.58. The van der Waals surface area contributed by atoms with E-state index in [1.54, 1.807) is 0 Å². The van der Waals surface area contributed by atoms with Crippen LogP contribution < -0.4 is 4.74 Å². The van der Waals surface area contributed by atoms with Crippen molar-refractivity contribution < 1.29 is 9.53 Å². The molecule has 21 heavy (non-hydrogen) atoms. The maximum atomic E-state index is 12.2. The molecule has 0 radical (unpaired) electrons. The van der Waals surface area contributed by atoms with Crippen molar-refractivity contribution in [2.45, 2.75) is 51.6 Å². The quantitative estimate of drug-likeness (QED) is 0.855. The maximum Gasteiger partial charge on any atom is 0.223 e. The molecule has 1 aliphatic carbocycles. The van der Waals surface area contributed by atoms with Gasteiger partial charge in [0.25, 0.3) is 0 Å². The van der Waals surface area contributed by atoms with Gasteiger partial charge in [-0.05, 0) is 31.7 Å². The minimum absolute atomic E-state index is 0.106. The summed E-state index contributed by atoms with van der Waals surface area (Å²) in [5, 5.41) is 0. The van der Waals surface area contributed by atoms with E-state index in [-0.39, 0.29) is 6.10 Å². The van der Waals surface area contributed by atoms with Crippen LogP contribution in [-0.2, 0) is 4.79 Å². The van der Waals surface area contributed by atoms with Gasteiger partial charge < -0.3 is 9.64 Å². The molecule has 3 rings (SSSR count). The van der Waals surface area contributed by atoms with Crippen LogP contribution in [0.4, 0.5) is 0 Å². The van der Waals surface area contributed by atoms with Gasteiger partial charge in [-0.1, -0.05) is 25.3 Å². The van der Waals surface area contributed by atoms with E-state index in [1.165, 1.54) is 32.1 Å². The Morgan fingerprint density at radius 3 is 2.76 bits per heavy atom. The summed E-state index contributed by atoms with van der Waals surface area (Å²) in [6, 6.07) is 5.77. The Balaban J connectivity index is 1.41. The van der Waals surface area contributed by atoms with Gasteiger partial charge in [-0.2, -0.15) is 0 Å². The normalized spacial score (nSPS) is 20.1. The summed E-state index contributed by atoms with van der Waals surface area (Å²) in [7, 11) is 0. The number of hydrogen-bond donors (Lipinski definition) is 0. The second-order valence-corrected chi connectivity index (χ2v) is 6.36. The molecule has 2 heterocycles. The number of aryl methyl sites for hydroxylation is 1. The molecule has 2 aliphatic rings. The molecule has 1 aliphatic heterocycles. The summed E-state index contributed by atoms with van der Waals surface area (Å²) in [5.74, 6) is 1.59. The number of pyridine rings is 1. The lowest BCUT2D eigenvalue weighted by molar-refractivity contribution is -0.141. The first-order valence-electron chi connectivity index (χ1n) is 8.09. The number of nitrogens with zero attached hydrogens (tertiary/aromatic N) is 2. The molecule has 0 unspecified atom stereocenters. The molecule has 2 fully saturated rings. The predicted octanol–water partition coefficient (Wildman–Crippen LogP) is 2.95. The highest BCUT2D eigenvalue weighted by Gasteiger charge is 2.33. The van der Waals surface area contributed by atoms with Crippen LogP contribution in [-0.4, -0.2) is 35.0 Å². The zero-order valence-electron chi connectivity index (χ0n) is 12.8. The SMILES string of the molecule is Cc1cccc(OC2CN(C(=O)CC3CCCCC3)C2)n1. The van der Waals surface area contributed by atoms with Crippen LogP contribution in [0.25, 0.3) is 0 Å². The molecular weight excluding hydrogens is 264 g/mol. The van der Waals surface area contributed by atoms with Crippen LogP contribution in [0.15, 0.2) is 18.2 Å². The molecule has 1 aromatic heterocycles. The van der Waals surface area contributed by atoms with E-state index >= 15 is 0 Å². The van der Waals surface area contributed by atoms with Gasteiger partial charge in [0.15, 0.2) is 0 Å². The topological polar surface area (TPSA) is 42.4 Å². The lowest BCUT2D eigenvalue weighted by Crippen LogP contribution is -2.56. The molecule has 1 saturated carbocycles. The Bertz CT molecular complexity index is 491. The summed E-state index contributed by atoms with van der Waals surface area (Å²) >= 11 is 0. The zero-order chi connectivity index (χ0) is 14.7. The van der Waals surface area contributed by atoms with Crippen LogP contribution in [0.5, 0.6) is 5.88 Å². The summed E-state index contributed by atoms with van der Waals surface area (Å²) in [5.41, 5.74) is 0.956. The molecule has 0 N–H and O–H groups in total. The summed E-state index contributed by atoms with van der Waals surface area (Å²) < 4.78 is 5.80. The van der Waals surface area contributed by atoms with Crippen molar-refractivity contribution in [3.8, 4) is 5.88 Å². The van der Waals surface area contributed by atoms with Gasteiger partial charge in [-0.25, -0.2) is 4.98 Å². The number of rotatable bonds is 4. The Kier molecular flexibility index (Phi) is 4.42. The molecule has 4 nitrogen and oxygen atoms in total. The smallest absolute Gasteiger partial charge is 0.223 e. The first-order valence-corrected chi connectivity index (χ1v) is 8.09. The molecule has 0 atom stereocenters. The van der Waals surface area contributed by atoms with Crippen molar-refractivity contribution in [1.82, 2.24) is 9.88 Å². The third-order valence-electron chi connectivity index (χ3n) is 4.54. The van der Waals surface area contributed by atoms with E-state index in [2.05, 4.69) is 4.98 Å². The molecule has 0 spiro atoms. The largest absolute Gasteiger partial charge is 0.471 e. The van der Waals surface area contributed by atoms with E-state index in [0.717, 1.165) is 12.1 Å². The van der Waals surface area contributed by atoms with Crippen LogP contribution >= 0.6 is 0 Å². The third kappa shape index (κ3) is 3.74. The number of aromatic nitrogens is 1. The van der Waals surface area contributed by atoms with Crippen molar-refractivity contribution in [2.24, 2.45) is 5.92 Å². The Labute approximate surface area is 126 Å². The molecule has 0 aromatic carbocycles. The first-order chi connectivity index (χ1) is 10.2. The Morgan fingerprint density at radius 2 is 2.05 bits per heavy atom. The average molecular weight is 288 g/mol. The van der Waals surface area contributed by atoms with Gasteiger partial charge in [-0.15, -0.1) is 0 Å². The molecule has 1 amide bonds. The molecular formula is C17H24N2O2. The maximum absolute atomic E-state index is 12.2. The number of amides is 1. The van der Waals surface area contributed by atoms with Gasteiger partial charge in [-0.3, -0.25) is 4.79 Å². The molecule has 4 heteroatoms. The van der Waals surface area contributed by atoms with Crippen molar-refractivity contribution >= 4 is 5.91 Å². The monoisotopic (exact) mass is 288 g/mol. The first kappa shape index (κ1) is 14.4. The molecule has 1 aromatic rings. The van der Waals surface area contributed by atoms with E-state index in [4.69, 9.17) is 4.74 Å². The van der Waals surface area contributed by atoms with E-state index < -0.39 is 0 Å². The van der Waals surface area contributed by atoms with Gasteiger partial charge in [0.2, 0.25) is 11.8 Å². The fraction of sp³-hybridized carbons (Fsp3) is 0.647. The summed E-state index contributed by atoms with van der Waals surface area (Å²) in [6.45, 7) is 3.37. The van der Waals surface area contributed by atoms with E-state index in [1.807, 2.05) is 30.0 Å². The Morgan fingerprint density at radius 1 is 1.29 bits per heavy atom. The average Bonchev–Trinajstić information content (AvgIpc) is 2.43. The molecule has 114 valence electrons. The summed E-state index contributed by atoms with van der Waals surface area (Å²) in [6.07, 6.45) is 7.23. The highest BCUT2D eigenvalue weighted by atomic mass is 16.5. The minimum Gasteiger partial charge on any atom is -0.471 e. The fourth-order valence-electron chi connectivity index (χ4n) is 3.24. The number of hydrogen-bond acceptors (Lipinski definition) is 3. The molecule has 1 saturated heterocycles. The van der Waals surface area contributed by atoms with Gasteiger partial charge in [0, 0.05) is 18.2 Å². The zero-order valence-corrected chi connectivity index (χ0v) is 12.8. The lowest BCUT2D eigenvalue weighted by Gasteiger charge is -2.39. The number of carbonyl (C=O) groups is 1. The molecule has 0 bridgehead atoms. The summed E-state index contributed by atoms with van der Waals surface area (Å²) in [4.78, 5) is 18.5. The van der Waals surface area contributed by atoms with Gasteiger partial charge in [0.1, 0.15) is 6.10 Å². The highest BCUT2D eigenvalue weighted by molar-refractivity contribution is 5.77. The van der Waals surface area contributed by atoms with Crippen LogP contribution in [0, 0.1) is 12.8 Å². The number of likely N-dealkylation sites (tertiary alicyclic amines) is 1. The van der Waals surface area contributed by atoms with Crippen molar-refractivity contribution in [2.75, 3.05) is 13.1 Å². The van der Waals surface area contributed by atoms with Crippen molar-refractivity contribution in [3.63, 3.8) is 0 Å². The van der Waals surface area contributed by atoms with Crippen molar-refractivity contribution in [1.29, 1.82) is 0 Å². The van der Waals surface area contributed by atoms with Crippen LogP contribution in [0.3, 0.4) is 0 Å². The second kappa shape index (κ2) is 6.46.